The molecule has 1 fully saturated rings. The number of hydrogen-bond donors (Lipinski definition) is 1. The summed E-state index contributed by atoms with van der Waals surface area (Å²) in [6, 6.07) is 36.7. The molecule has 1 amide bonds. The number of anilines is 1. The van der Waals surface area contributed by atoms with Crippen molar-refractivity contribution in [3.05, 3.63) is 138 Å². The monoisotopic (exact) mass is 720 g/mol. The number of aromatic nitrogens is 2. The highest BCUT2D eigenvalue weighted by Crippen LogP contribution is 2.39. The first-order chi connectivity index (χ1) is 25.2. The van der Waals surface area contributed by atoms with Crippen LogP contribution in [0.25, 0.3) is 16.9 Å². The van der Waals surface area contributed by atoms with Crippen molar-refractivity contribution in [1.29, 1.82) is 0 Å². The van der Waals surface area contributed by atoms with Crippen molar-refractivity contribution in [2.75, 3.05) is 31.6 Å². The third kappa shape index (κ3) is 8.96. The molecule has 6 rings (SSSR count). The summed E-state index contributed by atoms with van der Waals surface area (Å²) in [4.78, 5) is 41.5. The minimum Gasteiger partial charge on any atom is -0.481 e. The number of aliphatic carboxylic acids is 1. The topological polar surface area (TPSA) is 105 Å². The van der Waals surface area contributed by atoms with Crippen molar-refractivity contribution < 1.29 is 24.2 Å². The van der Waals surface area contributed by atoms with Crippen LogP contribution in [0.4, 0.5) is 5.69 Å². The van der Waals surface area contributed by atoms with Gasteiger partial charge in [-0.2, -0.15) is 5.10 Å². The quantitative estimate of drug-likeness (QED) is 0.139. The number of methoxy groups -OCH3 is 1. The molecule has 2 heterocycles. The molecule has 5 aromatic rings. The number of ether oxygens (including phenoxy) is 1. The number of piperidine rings is 1. The van der Waals surface area contributed by atoms with Crippen LogP contribution in [0.1, 0.15) is 37.8 Å². The van der Waals surface area contributed by atoms with E-state index >= 15 is 0 Å². The first-order valence-corrected chi connectivity index (χ1v) is 17.9. The largest absolute Gasteiger partial charge is 0.481 e. The van der Waals surface area contributed by atoms with Crippen molar-refractivity contribution in [2.24, 2.45) is 5.92 Å². The van der Waals surface area contributed by atoms with E-state index in [1.54, 1.807) is 27.9 Å². The van der Waals surface area contributed by atoms with Gasteiger partial charge in [-0.05, 0) is 54.8 Å². The molecular weight excluding hydrogens is 676 g/mol. The van der Waals surface area contributed by atoms with Gasteiger partial charge in [-0.1, -0.05) is 104 Å². The van der Waals surface area contributed by atoms with Crippen molar-refractivity contribution in [1.82, 2.24) is 14.7 Å². The summed E-state index contributed by atoms with van der Waals surface area (Å²) in [5, 5.41) is 14.3. The van der Waals surface area contributed by atoms with Crippen LogP contribution < -0.4 is 4.90 Å². The molecule has 1 aromatic heterocycles. The Kier molecular flexibility index (Phi) is 13.0. The fourth-order valence-electron chi connectivity index (χ4n) is 6.84. The van der Waals surface area contributed by atoms with E-state index < -0.39 is 11.5 Å². The molecule has 0 unspecified atom stereocenters. The van der Waals surface area contributed by atoms with Gasteiger partial charge in [0.25, 0.3) is 0 Å². The Morgan fingerprint density at radius 3 is 2.12 bits per heavy atom. The Hall–Kier alpha value is -5.25. The molecule has 270 valence electrons. The molecule has 0 bridgehead atoms. The molecule has 10 heteroatoms. The molecule has 1 aliphatic heterocycles. The molecule has 2 atom stereocenters. The smallest absolute Gasteiger partial charge is 0.332 e. The minimum atomic E-state index is -0.994. The number of benzene rings is 4. The van der Waals surface area contributed by atoms with Crippen molar-refractivity contribution in [3.8, 4) is 16.9 Å². The van der Waals surface area contributed by atoms with Crippen LogP contribution in [0.2, 0.25) is 5.02 Å². The number of nitrogens with zero attached hydrogens (tertiary/aromatic N) is 4. The first-order valence-electron chi connectivity index (χ1n) is 17.5. The maximum atomic E-state index is 13.2. The molecule has 0 saturated carbocycles. The van der Waals surface area contributed by atoms with E-state index in [2.05, 4.69) is 41.2 Å². The zero-order valence-electron chi connectivity index (χ0n) is 29.8. The van der Waals surface area contributed by atoms with Gasteiger partial charge in [-0.15, -0.1) is 0 Å². The number of para-hydroxylation sites is 2. The van der Waals surface area contributed by atoms with E-state index in [-0.39, 0.29) is 24.2 Å². The Balaban J connectivity index is 0.000000210. The molecule has 1 saturated heterocycles. The lowest BCUT2D eigenvalue weighted by atomic mass is 9.76. The van der Waals surface area contributed by atoms with E-state index in [0.29, 0.717) is 29.1 Å². The van der Waals surface area contributed by atoms with Gasteiger partial charge in [0.2, 0.25) is 5.91 Å². The predicted octanol–water partition coefficient (Wildman–Crippen LogP) is 7.75. The van der Waals surface area contributed by atoms with Crippen LogP contribution in [0, 0.1) is 5.92 Å². The van der Waals surface area contributed by atoms with Crippen LogP contribution in [-0.4, -0.2) is 69.9 Å². The molecule has 0 aliphatic carbocycles. The number of hydrogen-bond acceptors (Lipinski definition) is 6. The van der Waals surface area contributed by atoms with E-state index in [0.717, 1.165) is 43.0 Å². The number of esters is 1. The SMILES string of the molecule is CCC(=O)N(c1ccccc1)[C@@]1(C(=O)OC)CCN(CCc2ccccc2)C[C@H]1C.O=C(O)Cc1cn(-c2ccccc2)nc1-c1ccc(Cl)cc1. The Bertz CT molecular complexity index is 1920. The number of carboxylic acid groups (broad SMARTS) is 1. The van der Waals surface area contributed by atoms with Gasteiger partial charge >= 0.3 is 11.9 Å². The molecule has 52 heavy (non-hydrogen) atoms. The standard InChI is InChI=1S/C25H32N2O3.C17H13ClN2O2/c1-4-23(28)27(22-13-9-6-10-14-22)25(24(29)30-3)16-18-26(19-20(25)2)17-15-21-11-7-5-8-12-21;18-14-8-6-12(7-9-14)17-13(10-16(21)22)11-20(19-17)15-4-2-1-3-5-15/h5-14,20H,4,15-19H2,1-3H3;1-9,11H,10H2,(H,21,22)/t20-,25+;/m1./s1. The zero-order chi connectivity index (χ0) is 37.1. The average molecular weight is 721 g/mol. The fraction of sp³-hybridized carbons (Fsp3) is 0.286. The van der Waals surface area contributed by atoms with Gasteiger partial charge in [0.05, 0.1) is 24.9 Å². The highest BCUT2D eigenvalue weighted by molar-refractivity contribution is 6.30. The summed E-state index contributed by atoms with van der Waals surface area (Å²) in [6.45, 7) is 6.31. The lowest BCUT2D eigenvalue weighted by Crippen LogP contribution is -2.67. The maximum Gasteiger partial charge on any atom is 0.332 e. The fourth-order valence-corrected chi connectivity index (χ4v) is 6.97. The number of rotatable bonds is 11. The Labute approximate surface area is 310 Å². The third-order valence-electron chi connectivity index (χ3n) is 9.49. The number of halogens is 1. The molecule has 1 N–H and O–H groups in total. The minimum absolute atomic E-state index is 0.0591. The second-order valence-electron chi connectivity index (χ2n) is 12.9. The molecule has 1 aliphatic rings. The molecule has 4 aromatic carbocycles. The number of amides is 1. The van der Waals surface area contributed by atoms with Crippen molar-refractivity contribution >= 4 is 35.1 Å². The summed E-state index contributed by atoms with van der Waals surface area (Å²) >= 11 is 5.90. The van der Waals surface area contributed by atoms with Gasteiger partial charge in [0.1, 0.15) is 5.54 Å². The highest BCUT2D eigenvalue weighted by atomic mass is 35.5. The summed E-state index contributed by atoms with van der Waals surface area (Å²) in [5.74, 6) is -1.34. The van der Waals surface area contributed by atoms with Crippen LogP contribution in [0.15, 0.2) is 121 Å². The predicted molar refractivity (Wildman–Crippen MR) is 205 cm³/mol. The normalized spacial score (nSPS) is 17.0. The second-order valence-corrected chi connectivity index (χ2v) is 13.3. The summed E-state index contributed by atoms with van der Waals surface area (Å²) < 4.78 is 6.97. The molecule has 0 spiro atoms. The Morgan fingerprint density at radius 1 is 0.923 bits per heavy atom. The van der Waals surface area contributed by atoms with Gasteiger partial charge in [-0.25, -0.2) is 9.48 Å². The number of carbonyl (C=O) groups excluding carboxylic acids is 2. The number of likely N-dealkylation sites (tertiary alicyclic amines) is 1. The first kappa shape index (κ1) is 38.0. The van der Waals surface area contributed by atoms with E-state index in [4.69, 9.17) is 21.4 Å². The van der Waals surface area contributed by atoms with E-state index in [9.17, 15) is 14.4 Å². The lowest BCUT2D eigenvalue weighted by molar-refractivity contribution is -0.153. The number of carbonyl (C=O) groups is 3. The van der Waals surface area contributed by atoms with Gasteiger partial charge in [0.15, 0.2) is 0 Å². The van der Waals surface area contributed by atoms with Crippen LogP contribution in [-0.2, 0) is 32.0 Å². The van der Waals surface area contributed by atoms with Gasteiger partial charge in [-0.3, -0.25) is 14.5 Å². The molecular formula is C42H45ClN4O5. The molecule has 9 nitrogen and oxygen atoms in total. The summed E-state index contributed by atoms with van der Waals surface area (Å²) in [7, 11) is 1.41. The third-order valence-corrected chi connectivity index (χ3v) is 9.74. The summed E-state index contributed by atoms with van der Waals surface area (Å²) in [6.07, 6.45) is 3.53. The van der Waals surface area contributed by atoms with Crippen molar-refractivity contribution in [3.63, 3.8) is 0 Å². The Morgan fingerprint density at radius 2 is 1.54 bits per heavy atom. The lowest BCUT2D eigenvalue weighted by Gasteiger charge is -2.50. The van der Waals surface area contributed by atoms with E-state index in [1.807, 2.05) is 85.8 Å². The van der Waals surface area contributed by atoms with Gasteiger partial charge in [0, 0.05) is 60.0 Å². The second kappa shape index (κ2) is 17.8. The maximum absolute atomic E-state index is 13.2. The van der Waals surface area contributed by atoms with Crippen LogP contribution in [0.5, 0.6) is 0 Å². The molecule has 0 radical (unpaired) electrons. The van der Waals surface area contributed by atoms with E-state index in [1.165, 1.54) is 12.7 Å². The van der Waals surface area contributed by atoms with Crippen LogP contribution in [0.3, 0.4) is 0 Å². The highest BCUT2D eigenvalue weighted by Gasteiger charge is 2.54. The van der Waals surface area contributed by atoms with Gasteiger partial charge < -0.3 is 14.7 Å². The number of carboxylic acids is 1. The van der Waals surface area contributed by atoms with Crippen molar-refractivity contribution in [2.45, 2.75) is 45.1 Å². The van der Waals surface area contributed by atoms with Crippen LogP contribution >= 0.6 is 11.6 Å². The average Bonchev–Trinajstić information content (AvgIpc) is 3.59. The zero-order valence-corrected chi connectivity index (χ0v) is 30.6. The summed E-state index contributed by atoms with van der Waals surface area (Å²) in [5.41, 5.74) is 4.11.